The van der Waals surface area contributed by atoms with Crippen molar-refractivity contribution in [3.8, 4) is 0 Å². The van der Waals surface area contributed by atoms with E-state index in [1.54, 1.807) is 6.92 Å². The van der Waals surface area contributed by atoms with Gasteiger partial charge in [0.05, 0.1) is 19.5 Å². The number of halogens is 2. The molecular weight excluding hydrogens is 284 g/mol. The third-order valence-electron chi connectivity index (χ3n) is 3.29. The Morgan fingerprint density at radius 3 is 2.57 bits per heavy atom. The highest BCUT2D eigenvalue weighted by Gasteiger charge is 2.42. The number of carboxylic acids is 1. The molecule has 0 saturated carbocycles. The maximum absolute atomic E-state index is 13.1. The van der Waals surface area contributed by atoms with E-state index in [9.17, 15) is 18.4 Å². The first kappa shape index (κ1) is 15.4. The van der Waals surface area contributed by atoms with E-state index in [0.717, 1.165) is 12.1 Å². The van der Waals surface area contributed by atoms with Gasteiger partial charge >= 0.3 is 5.97 Å². The Hall–Kier alpha value is -2.02. The summed E-state index contributed by atoms with van der Waals surface area (Å²) in [7, 11) is 0. The number of carboxylic acid groups (broad SMARTS) is 1. The van der Waals surface area contributed by atoms with Gasteiger partial charge in [0.15, 0.2) is 11.6 Å². The van der Waals surface area contributed by atoms with Gasteiger partial charge in [0.2, 0.25) is 5.91 Å². The number of nitrogens with zero attached hydrogens (tertiary/aromatic N) is 1. The van der Waals surface area contributed by atoms with E-state index in [1.807, 2.05) is 0 Å². The minimum atomic E-state index is -1.07. The SMILES string of the molecule is CC1(OCC(=O)O)CN(C(=O)Cc2ccc(F)c(F)c2)C1. The van der Waals surface area contributed by atoms with Crippen LogP contribution in [0.15, 0.2) is 18.2 Å². The van der Waals surface area contributed by atoms with Crippen molar-refractivity contribution in [3.05, 3.63) is 35.4 Å². The molecule has 0 radical (unpaired) electrons. The van der Waals surface area contributed by atoms with E-state index in [0.29, 0.717) is 5.56 Å². The molecule has 0 unspecified atom stereocenters. The van der Waals surface area contributed by atoms with Crippen LogP contribution in [0.2, 0.25) is 0 Å². The van der Waals surface area contributed by atoms with Gasteiger partial charge in [-0.2, -0.15) is 0 Å². The number of hydrogen-bond donors (Lipinski definition) is 1. The molecule has 1 aliphatic heterocycles. The molecule has 0 atom stereocenters. The number of rotatable bonds is 5. The first-order valence-corrected chi connectivity index (χ1v) is 6.36. The first-order chi connectivity index (χ1) is 9.79. The molecule has 2 rings (SSSR count). The second-order valence-corrected chi connectivity index (χ2v) is 5.31. The van der Waals surface area contributed by atoms with Crippen molar-refractivity contribution in [2.45, 2.75) is 18.9 Å². The maximum atomic E-state index is 13.1. The molecule has 1 aromatic carbocycles. The summed E-state index contributed by atoms with van der Waals surface area (Å²) in [6, 6.07) is 3.33. The Morgan fingerprint density at radius 1 is 1.33 bits per heavy atom. The van der Waals surface area contributed by atoms with Gasteiger partial charge in [0, 0.05) is 0 Å². The topological polar surface area (TPSA) is 66.8 Å². The summed E-state index contributed by atoms with van der Waals surface area (Å²) >= 11 is 0. The number of benzene rings is 1. The van der Waals surface area contributed by atoms with Gasteiger partial charge in [-0.1, -0.05) is 6.07 Å². The lowest BCUT2D eigenvalue weighted by atomic mass is 9.95. The number of hydrogen-bond acceptors (Lipinski definition) is 3. The van der Waals surface area contributed by atoms with E-state index in [4.69, 9.17) is 9.84 Å². The summed E-state index contributed by atoms with van der Waals surface area (Å²) in [4.78, 5) is 23.9. The monoisotopic (exact) mass is 299 g/mol. The molecule has 0 bridgehead atoms. The van der Waals surface area contributed by atoms with E-state index in [1.165, 1.54) is 11.0 Å². The minimum Gasteiger partial charge on any atom is -0.480 e. The molecule has 0 aromatic heterocycles. The molecule has 0 spiro atoms. The van der Waals surface area contributed by atoms with Crippen LogP contribution in [0.4, 0.5) is 8.78 Å². The van der Waals surface area contributed by atoms with Gasteiger partial charge in [0.25, 0.3) is 0 Å². The Morgan fingerprint density at radius 2 is 2.00 bits per heavy atom. The summed E-state index contributed by atoms with van der Waals surface area (Å²) in [5.74, 6) is -3.25. The van der Waals surface area contributed by atoms with Crippen molar-refractivity contribution in [1.82, 2.24) is 4.90 Å². The fourth-order valence-electron chi connectivity index (χ4n) is 2.20. The number of aliphatic carboxylic acids is 1. The molecule has 1 aromatic rings. The van der Waals surface area contributed by atoms with E-state index in [2.05, 4.69) is 0 Å². The molecule has 1 aliphatic rings. The number of carbonyl (C=O) groups is 2. The molecule has 5 nitrogen and oxygen atoms in total. The number of amides is 1. The fraction of sp³-hybridized carbons (Fsp3) is 0.429. The zero-order valence-electron chi connectivity index (χ0n) is 11.4. The van der Waals surface area contributed by atoms with Crippen LogP contribution in [0.1, 0.15) is 12.5 Å². The molecule has 21 heavy (non-hydrogen) atoms. The smallest absolute Gasteiger partial charge is 0.329 e. The van der Waals surface area contributed by atoms with E-state index in [-0.39, 0.29) is 25.4 Å². The zero-order valence-corrected chi connectivity index (χ0v) is 11.4. The van der Waals surface area contributed by atoms with Crippen molar-refractivity contribution >= 4 is 11.9 Å². The largest absolute Gasteiger partial charge is 0.480 e. The van der Waals surface area contributed by atoms with Crippen molar-refractivity contribution in [2.24, 2.45) is 0 Å². The molecule has 1 saturated heterocycles. The van der Waals surface area contributed by atoms with Crippen LogP contribution in [0.25, 0.3) is 0 Å². The average Bonchev–Trinajstić information content (AvgIpc) is 2.37. The van der Waals surface area contributed by atoms with Crippen LogP contribution in [-0.2, 0) is 20.7 Å². The molecule has 114 valence electrons. The predicted octanol–water partition coefficient (Wildman–Crippen LogP) is 1.21. The first-order valence-electron chi connectivity index (χ1n) is 6.36. The summed E-state index contributed by atoms with van der Waals surface area (Å²) < 4.78 is 31.0. The molecule has 7 heteroatoms. The van der Waals surface area contributed by atoms with Crippen molar-refractivity contribution in [2.75, 3.05) is 19.7 Å². The van der Waals surface area contributed by atoms with Crippen LogP contribution >= 0.6 is 0 Å². The van der Waals surface area contributed by atoms with Crippen molar-refractivity contribution in [3.63, 3.8) is 0 Å². The lowest BCUT2D eigenvalue weighted by molar-refractivity contribution is -0.172. The Kier molecular flexibility index (Phi) is 4.22. The number of carbonyl (C=O) groups excluding carboxylic acids is 1. The maximum Gasteiger partial charge on any atom is 0.329 e. The molecule has 1 N–H and O–H groups in total. The summed E-state index contributed by atoms with van der Waals surface area (Å²) in [5.41, 5.74) is -0.277. The lowest BCUT2D eigenvalue weighted by Crippen LogP contribution is -2.63. The Bertz CT molecular complexity index is 570. The van der Waals surface area contributed by atoms with Gasteiger partial charge in [-0.05, 0) is 24.6 Å². The zero-order chi connectivity index (χ0) is 15.6. The molecular formula is C14H15F2NO4. The second-order valence-electron chi connectivity index (χ2n) is 5.31. The van der Waals surface area contributed by atoms with Crippen LogP contribution in [0.3, 0.4) is 0 Å². The van der Waals surface area contributed by atoms with E-state index >= 15 is 0 Å². The van der Waals surface area contributed by atoms with Crippen LogP contribution in [-0.4, -0.2) is 47.2 Å². The molecule has 1 fully saturated rings. The lowest BCUT2D eigenvalue weighted by Gasteiger charge is -2.47. The van der Waals surface area contributed by atoms with Crippen molar-refractivity contribution in [1.29, 1.82) is 0 Å². The quantitative estimate of drug-likeness (QED) is 0.887. The Labute approximate surface area is 120 Å². The van der Waals surface area contributed by atoms with Gasteiger partial charge in [-0.15, -0.1) is 0 Å². The highest BCUT2D eigenvalue weighted by molar-refractivity contribution is 5.80. The van der Waals surface area contributed by atoms with Gasteiger partial charge in [-0.25, -0.2) is 13.6 Å². The van der Waals surface area contributed by atoms with Gasteiger partial charge in [0.1, 0.15) is 12.2 Å². The van der Waals surface area contributed by atoms with Crippen LogP contribution < -0.4 is 0 Å². The minimum absolute atomic E-state index is 0.0355. The van der Waals surface area contributed by atoms with E-state index < -0.39 is 29.8 Å². The van der Waals surface area contributed by atoms with Crippen molar-refractivity contribution < 1.29 is 28.2 Å². The standard InChI is InChI=1S/C14H15F2NO4/c1-14(21-6-13(19)20)7-17(8-14)12(18)5-9-2-3-10(15)11(16)4-9/h2-4H,5-8H2,1H3,(H,19,20). The normalized spacial score (nSPS) is 16.4. The fourth-order valence-corrected chi connectivity index (χ4v) is 2.20. The number of ether oxygens (including phenoxy) is 1. The summed E-state index contributed by atoms with van der Waals surface area (Å²) in [6.45, 7) is 1.87. The molecule has 1 amide bonds. The second kappa shape index (κ2) is 5.77. The molecule has 1 heterocycles. The summed E-state index contributed by atoms with van der Waals surface area (Å²) in [6.07, 6.45) is -0.0355. The summed E-state index contributed by atoms with van der Waals surface area (Å²) in [5, 5.41) is 8.54. The third kappa shape index (κ3) is 3.75. The van der Waals surface area contributed by atoms with Crippen LogP contribution in [0, 0.1) is 11.6 Å². The third-order valence-corrected chi connectivity index (χ3v) is 3.29. The predicted molar refractivity (Wildman–Crippen MR) is 68.6 cm³/mol. The highest BCUT2D eigenvalue weighted by atomic mass is 19.2. The molecule has 0 aliphatic carbocycles. The highest BCUT2D eigenvalue weighted by Crippen LogP contribution is 2.25. The average molecular weight is 299 g/mol. The Balaban J connectivity index is 1.86. The number of likely N-dealkylation sites (tertiary alicyclic amines) is 1. The van der Waals surface area contributed by atoms with Crippen LogP contribution in [0.5, 0.6) is 0 Å². The van der Waals surface area contributed by atoms with Gasteiger partial charge in [-0.3, -0.25) is 4.79 Å². The van der Waals surface area contributed by atoms with Gasteiger partial charge < -0.3 is 14.7 Å².